The van der Waals surface area contributed by atoms with Crippen LogP contribution in [-0.2, 0) is 20.5 Å². The summed E-state index contributed by atoms with van der Waals surface area (Å²) in [5.41, 5.74) is 8.38. The van der Waals surface area contributed by atoms with Crippen LogP contribution in [0.15, 0.2) is 67.0 Å². The third kappa shape index (κ3) is 9.74. The Labute approximate surface area is 269 Å². The molecule has 0 bridgehead atoms. The lowest BCUT2D eigenvalue weighted by Crippen LogP contribution is -2.29. The molecule has 0 spiro atoms. The number of amides is 1. The maximum absolute atomic E-state index is 13.4. The molecular formula is C29H31Cl3FN6O4P. The van der Waals surface area contributed by atoms with Gasteiger partial charge in [-0.15, -0.1) is 23.2 Å². The van der Waals surface area contributed by atoms with Crippen LogP contribution in [0.4, 0.5) is 21.6 Å². The van der Waals surface area contributed by atoms with Gasteiger partial charge in [0, 0.05) is 48.0 Å². The van der Waals surface area contributed by atoms with E-state index in [1.165, 1.54) is 23.1 Å². The molecule has 0 aliphatic carbocycles. The minimum absolute atomic E-state index is 0.0269. The number of carbonyl (C=O) groups is 1. The second-order valence-corrected chi connectivity index (χ2v) is 12.6. The van der Waals surface area contributed by atoms with Crippen molar-refractivity contribution in [3.63, 3.8) is 0 Å². The summed E-state index contributed by atoms with van der Waals surface area (Å²) >= 11 is 17.9. The van der Waals surface area contributed by atoms with Crippen LogP contribution >= 0.6 is 42.5 Å². The molecule has 1 unspecified atom stereocenters. The molecular weight excluding hydrogens is 653 g/mol. The lowest BCUT2D eigenvalue weighted by atomic mass is 10.2. The van der Waals surface area contributed by atoms with Gasteiger partial charge in [-0.25, -0.2) is 24.5 Å². The molecule has 0 fully saturated rings. The normalized spacial score (nSPS) is 12.7. The van der Waals surface area contributed by atoms with Crippen LogP contribution in [0.3, 0.4) is 0 Å². The predicted octanol–water partition coefficient (Wildman–Crippen LogP) is 7.33. The Balaban J connectivity index is 1.35. The number of fused-ring (bicyclic) bond motifs is 1. The fraction of sp³-hybridized carbons (Fsp3) is 0.276. The van der Waals surface area contributed by atoms with Gasteiger partial charge in [0.25, 0.3) is 0 Å². The molecule has 10 nitrogen and oxygen atoms in total. The summed E-state index contributed by atoms with van der Waals surface area (Å²) in [4.78, 5) is 21.3. The van der Waals surface area contributed by atoms with Gasteiger partial charge in [-0.2, -0.15) is 0 Å². The number of alkyl halides is 2. The van der Waals surface area contributed by atoms with Crippen molar-refractivity contribution in [2.75, 3.05) is 42.1 Å². The van der Waals surface area contributed by atoms with Crippen LogP contribution in [-0.4, -0.2) is 52.0 Å². The van der Waals surface area contributed by atoms with E-state index in [-0.39, 0.29) is 56.2 Å². The molecule has 4 N–H and O–H groups in total. The summed E-state index contributed by atoms with van der Waals surface area (Å²) in [6, 6.07) is 16.6. The molecule has 1 amide bonds. The van der Waals surface area contributed by atoms with Crippen molar-refractivity contribution in [2.45, 2.75) is 19.4 Å². The van der Waals surface area contributed by atoms with Crippen LogP contribution in [0.25, 0.3) is 10.9 Å². The number of hydrogen-bond donors (Lipinski definition) is 3. The number of nitrogens with two attached hydrogens (primary N) is 1. The summed E-state index contributed by atoms with van der Waals surface area (Å²) in [6.45, 7) is 0.739. The van der Waals surface area contributed by atoms with Crippen molar-refractivity contribution < 1.29 is 23.0 Å². The molecule has 0 aliphatic rings. The van der Waals surface area contributed by atoms with Gasteiger partial charge in [0.1, 0.15) is 30.3 Å². The predicted molar refractivity (Wildman–Crippen MR) is 174 cm³/mol. The first-order valence-corrected chi connectivity index (χ1v) is 16.7. The molecule has 0 saturated carbocycles. The van der Waals surface area contributed by atoms with Crippen LogP contribution in [0.5, 0.6) is 5.75 Å². The molecule has 1 heterocycles. The maximum Gasteiger partial charge on any atom is 0.340 e. The summed E-state index contributed by atoms with van der Waals surface area (Å²) < 4.78 is 38.7. The number of rotatable bonds is 16. The van der Waals surface area contributed by atoms with Crippen LogP contribution in [0.1, 0.15) is 18.4 Å². The average molecular weight is 684 g/mol. The minimum atomic E-state index is -3.56. The molecule has 15 heteroatoms. The van der Waals surface area contributed by atoms with E-state index in [9.17, 15) is 13.8 Å². The molecule has 1 aromatic heterocycles. The molecule has 4 aromatic rings. The quantitative estimate of drug-likeness (QED) is 0.0631. The molecule has 4 rings (SSSR count). The Hall–Kier alpha value is -3.02. The van der Waals surface area contributed by atoms with Gasteiger partial charge in [-0.3, -0.25) is 9.36 Å². The van der Waals surface area contributed by atoms with Crippen molar-refractivity contribution in [2.24, 2.45) is 5.50 Å². The maximum atomic E-state index is 13.4. The Morgan fingerprint density at radius 3 is 2.52 bits per heavy atom. The monoisotopic (exact) mass is 682 g/mol. The van der Waals surface area contributed by atoms with Crippen LogP contribution < -0.4 is 20.9 Å². The highest BCUT2D eigenvalue weighted by molar-refractivity contribution is 7.53. The van der Waals surface area contributed by atoms with Gasteiger partial charge < -0.3 is 19.9 Å². The zero-order valence-corrected chi connectivity index (χ0v) is 26.7. The highest BCUT2D eigenvalue weighted by Crippen LogP contribution is 2.42. The standard InChI is InChI=1S/C29H31Cl3FN6O4P/c30-10-12-39(13-11-31)44(34,41)43-14-2-5-28(40)37-22-6-8-26-24(16-22)29(36-19-35-26)38-23-7-9-27(25(32)17-23)42-18-20-3-1-4-21(33)15-20/h1,3-4,6-9,15-17,19H,2,5,10-14,18H2,(H2,34,41)(H,37,40)(H,35,36,38). The molecule has 234 valence electrons. The van der Waals surface area contributed by atoms with E-state index in [0.29, 0.717) is 50.9 Å². The second-order valence-electron chi connectivity index (χ2n) is 9.52. The first-order valence-electron chi connectivity index (χ1n) is 13.6. The van der Waals surface area contributed by atoms with Gasteiger partial charge in [0.2, 0.25) is 5.91 Å². The van der Waals surface area contributed by atoms with Crippen molar-refractivity contribution in [3.8, 4) is 5.75 Å². The summed E-state index contributed by atoms with van der Waals surface area (Å²) in [5.74, 6) is 0.807. The van der Waals surface area contributed by atoms with Crippen molar-refractivity contribution >= 4 is 76.5 Å². The van der Waals surface area contributed by atoms with Gasteiger partial charge in [0.15, 0.2) is 0 Å². The number of hydrogen-bond acceptors (Lipinski definition) is 7. The Morgan fingerprint density at radius 1 is 1.02 bits per heavy atom. The third-order valence-corrected chi connectivity index (χ3v) is 8.68. The zero-order valence-electron chi connectivity index (χ0n) is 23.5. The fourth-order valence-corrected chi connectivity index (χ4v) is 6.36. The van der Waals surface area contributed by atoms with E-state index < -0.39 is 7.67 Å². The zero-order chi connectivity index (χ0) is 31.5. The number of ether oxygens (including phenoxy) is 1. The molecule has 0 radical (unpaired) electrons. The SMILES string of the molecule is NP(=O)(OCCCC(=O)Nc1ccc2ncnc(Nc3ccc(OCc4cccc(F)c4)c(Cl)c3)c2c1)N(CCCl)CCCl. The Morgan fingerprint density at radius 2 is 1.80 bits per heavy atom. The second kappa shape index (κ2) is 16.3. The summed E-state index contributed by atoms with van der Waals surface area (Å²) in [7, 11) is -3.56. The number of anilines is 3. The fourth-order valence-electron chi connectivity index (χ4n) is 4.17. The van der Waals surface area contributed by atoms with Gasteiger partial charge in [-0.05, 0) is 60.5 Å². The molecule has 1 atom stereocenters. The Bertz CT molecular complexity index is 1630. The van der Waals surface area contributed by atoms with Gasteiger partial charge in [-0.1, -0.05) is 23.7 Å². The highest BCUT2D eigenvalue weighted by atomic mass is 35.5. The van der Waals surface area contributed by atoms with E-state index in [1.54, 1.807) is 48.5 Å². The van der Waals surface area contributed by atoms with Crippen molar-refractivity contribution in [1.82, 2.24) is 14.6 Å². The number of aromatic nitrogens is 2. The van der Waals surface area contributed by atoms with Crippen LogP contribution in [0, 0.1) is 5.82 Å². The number of nitrogens with one attached hydrogen (secondary N) is 2. The topological polar surface area (TPSA) is 132 Å². The first kappa shape index (κ1) is 33.9. The van der Waals surface area contributed by atoms with Crippen molar-refractivity contribution in [1.29, 1.82) is 0 Å². The van der Waals surface area contributed by atoms with E-state index in [1.807, 2.05) is 0 Å². The third-order valence-electron chi connectivity index (χ3n) is 6.30. The van der Waals surface area contributed by atoms with Gasteiger partial charge >= 0.3 is 7.67 Å². The van der Waals surface area contributed by atoms with Crippen molar-refractivity contribution in [3.05, 3.63) is 83.4 Å². The summed E-state index contributed by atoms with van der Waals surface area (Å²) in [5, 5.41) is 7.11. The molecule has 0 saturated heterocycles. The molecule has 0 aliphatic heterocycles. The molecule has 3 aromatic carbocycles. The van der Waals surface area contributed by atoms with E-state index in [2.05, 4.69) is 20.6 Å². The number of carbonyl (C=O) groups excluding carboxylic acids is 1. The van der Waals surface area contributed by atoms with Gasteiger partial charge in [0.05, 0.1) is 17.1 Å². The summed E-state index contributed by atoms with van der Waals surface area (Å²) in [6.07, 6.45) is 1.85. The lowest BCUT2D eigenvalue weighted by molar-refractivity contribution is -0.116. The Kier molecular flexibility index (Phi) is 12.6. The molecule has 44 heavy (non-hydrogen) atoms. The average Bonchev–Trinajstić information content (AvgIpc) is 2.99. The van der Waals surface area contributed by atoms with Crippen LogP contribution in [0.2, 0.25) is 5.02 Å². The van der Waals surface area contributed by atoms with E-state index in [4.69, 9.17) is 49.6 Å². The van der Waals surface area contributed by atoms with E-state index in [0.717, 1.165) is 0 Å². The lowest BCUT2D eigenvalue weighted by Gasteiger charge is -2.26. The first-order chi connectivity index (χ1) is 21.2. The largest absolute Gasteiger partial charge is 0.487 e. The minimum Gasteiger partial charge on any atom is -0.487 e. The number of nitrogens with zero attached hydrogens (tertiary/aromatic N) is 3. The number of benzene rings is 3. The van der Waals surface area contributed by atoms with E-state index >= 15 is 0 Å². The number of halogens is 4. The smallest absolute Gasteiger partial charge is 0.340 e. The highest BCUT2D eigenvalue weighted by Gasteiger charge is 2.26.